The van der Waals surface area contributed by atoms with E-state index in [1.165, 1.54) is 17.2 Å². The van der Waals surface area contributed by atoms with Gasteiger partial charge in [0.2, 0.25) is 5.91 Å². The number of amides is 1. The number of nitrogen functional groups attached to an aromatic ring is 1. The molecule has 0 saturated heterocycles. The third kappa shape index (κ3) is 3.67. The van der Waals surface area contributed by atoms with Gasteiger partial charge in [0.1, 0.15) is 18.6 Å². The van der Waals surface area contributed by atoms with Gasteiger partial charge in [-0.15, -0.1) is 0 Å². The first-order chi connectivity index (χ1) is 8.58. The highest BCUT2D eigenvalue weighted by Gasteiger charge is 2.13. The van der Waals surface area contributed by atoms with E-state index >= 15 is 0 Å². The normalized spacial score (nSPS) is 10.1. The minimum absolute atomic E-state index is 0.0484. The van der Waals surface area contributed by atoms with Crippen molar-refractivity contribution in [3.8, 4) is 0 Å². The minimum atomic E-state index is -0.609. The Morgan fingerprint density at radius 1 is 1.56 bits per heavy atom. The van der Waals surface area contributed by atoms with Crippen molar-refractivity contribution in [1.29, 1.82) is 0 Å². The summed E-state index contributed by atoms with van der Waals surface area (Å²) >= 11 is 0. The van der Waals surface area contributed by atoms with Crippen molar-refractivity contribution in [2.45, 2.75) is 6.54 Å². The highest BCUT2D eigenvalue weighted by molar-refractivity contribution is 5.78. The van der Waals surface area contributed by atoms with E-state index in [1.54, 1.807) is 0 Å². The Morgan fingerprint density at radius 3 is 2.83 bits per heavy atom. The Bertz CT molecular complexity index is 485. The molecule has 0 saturated carbocycles. The zero-order valence-electron chi connectivity index (χ0n) is 9.78. The van der Waals surface area contributed by atoms with Gasteiger partial charge in [-0.3, -0.25) is 9.36 Å². The lowest BCUT2D eigenvalue weighted by Crippen LogP contribution is -2.40. The van der Waals surface area contributed by atoms with Crippen LogP contribution in [0.4, 0.5) is 5.82 Å². The van der Waals surface area contributed by atoms with Crippen LogP contribution in [-0.4, -0.2) is 46.3 Å². The summed E-state index contributed by atoms with van der Waals surface area (Å²) in [6, 6.07) is 1.42. The first-order valence-corrected chi connectivity index (χ1v) is 5.33. The van der Waals surface area contributed by atoms with Crippen molar-refractivity contribution in [2.75, 3.05) is 25.4 Å². The number of nitrogens with zero attached hydrogens (tertiary/aromatic N) is 3. The van der Waals surface area contributed by atoms with E-state index in [9.17, 15) is 14.4 Å². The van der Waals surface area contributed by atoms with Crippen LogP contribution in [0, 0.1) is 0 Å². The monoisotopic (exact) mass is 253 g/mol. The van der Waals surface area contributed by atoms with Crippen molar-refractivity contribution in [3.63, 3.8) is 0 Å². The Morgan fingerprint density at radius 2 is 2.28 bits per heavy atom. The topological polar surface area (TPSA) is 124 Å². The average Bonchev–Trinajstić information content (AvgIpc) is 2.32. The maximum Gasteiger partial charge on any atom is 0.349 e. The van der Waals surface area contributed by atoms with Gasteiger partial charge in [-0.25, -0.2) is 4.79 Å². The van der Waals surface area contributed by atoms with E-state index in [0.717, 1.165) is 4.57 Å². The molecular weight excluding hydrogens is 238 g/mol. The summed E-state index contributed by atoms with van der Waals surface area (Å²) in [6.45, 7) is 0.260. The summed E-state index contributed by atoms with van der Waals surface area (Å²) in [7, 11) is 0. The molecule has 0 aliphatic carbocycles. The molecule has 0 aromatic carbocycles. The number of carbonyl (C=O) groups is 2. The predicted octanol–water partition coefficient (Wildman–Crippen LogP) is -2.19. The molecule has 0 fully saturated rings. The molecule has 0 bridgehead atoms. The third-order valence-electron chi connectivity index (χ3n) is 2.25. The third-order valence-corrected chi connectivity index (χ3v) is 2.25. The molecule has 8 heteroatoms. The first kappa shape index (κ1) is 13.8. The fourth-order valence-electron chi connectivity index (χ4n) is 1.37. The lowest BCUT2D eigenvalue weighted by molar-refractivity contribution is -0.133. The summed E-state index contributed by atoms with van der Waals surface area (Å²) in [5, 5.41) is 0. The van der Waals surface area contributed by atoms with Crippen LogP contribution in [0.15, 0.2) is 17.1 Å². The van der Waals surface area contributed by atoms with Crippen LogP contribution >= 0.6 is 0 Å². The summed E-state index contributed by atoms with van der Waals surface area (Å²) < 4.78 is 1.12. The molecule has 0 aliphatic rings. The van der Waals surface area contributed by atoms with Crippen LogP contribution in [0.5, 0.6) is 0 Å². The molecule has 8 nitrogen and oxygen atoms in total. The fourth-order valence-corrected chi connectivity index (χ4v) is 1.37. The SMILES string of the molecule is NCCN(CC=O)C(=O)Cn1ccc(N)nc1=O. The summed E-state index contributed by atoms with van der Waals surface area (Å²) in [6.07, 6.45) is 1.99. The van der Waals surface area contributed by atoms with E-state index in [-0.39, 0.29) is 37.9 Å². The van der Waals surface area contributed by atoms with Crippen molar-refractivity contribution in [3.05, 3.63) is 22.7 Å². The molecule has 4 N–H and O–H groups in total. The van der Waals surface area contributed by atoms with Gasteiger partial charge in [0.15, 0.2) is 0 Å². The van der Waals surface area contributed by atoms with Gasteiger partial charge in [-0.05, 0) is 6.07 Å². The quantitative estimate of drug-likeness (QED) is 0.555. The van der Waals surface area contributed by atoms with Gasteiger partial charge in [-0.2, -0.15) is 4.98 Å². The molecule has 0 spiro atoms. The molecule has 98 valence electrons. The fraction of sp³-hybridized carbons (Fsp3) is 0.400. The second-order valence-electron chi connectivity index (χ2n) is 3.56. The number of aromatic nitrogens is 2. The molecule has 1 heterocycles. The highest BCUT2D eigenvalue weighted by atomic mass is 16.2. The predicted molar refractivity (Wildman–Crippen MR) is 64.6 cm³/mol. The first-order valence-electron chi connectivity index (χ1n) is 5.33. The Hall–Kier alpha value is -2.22. The van der Waals surface area contributed by atoms with Gasteiger partial charge in [0.05, 0.1) is 6.54 Å². The highest BCUT2D eigenvalue weighted by Crippen LogP contribution is 1.93. The van der Waals surface area contributed by atoms with Crippen molar-refractivity contribution >= 4 is 18.0 Å². The van der Waals surface area contributed by atoms with E-state index in [4.69, 9.17) is 11.5 Å². The number of aldehydes is 1. The molecule has 1 rings (SSSR count). The maximum atomic E-state index is 11.8. The molecule has 1 amide bonds. The van der Waals surface area contributed by atoms with Crippen LogP contribution in [0.1, 0.15) is 0 Å². The lowest BCUT2D eigenvalue weighted by atomic mass is 10.4. The van der Waals surface area contributed by atoms with Crippen LogP contribution in [0.25, 0.3) is 0 Å². The second kappa shape index (κ2) is 6.50. The van der Waals surface area contributed by atoms with Crippen LogP contribution in [0.3, 0.4) is 0 Å². The number of anilines is 1. The summed E-state index contributed by atoms with van der Waals surface area (Å²) in [4.78, 5) is 38.4. The molecule has 1 aromatic rings. The van der Waals surface area contributed by atoms with Gasteiger partial charge in [0, 0.05) is 19.3 Å². The average molecular weight is 253 g/mol. The Labute approximate surface area is 103 Å². The molecule has 18 heavy (non-hydrogen) atoms. The van der Waals surface area contributed by atoms with Gasteiger partial charge < -0.3 is 21.2 Å². The Kier molecular flexibility index (Phi) is 5.00. The molecule has 0 unspecified atom stereocenters. The minimum Gasteiger partial charge on any atom is -0.383 e. The van der Waals surface area contributed by atoms with Crippen molar-refractivity contribution < 1.29 is 9.59 Å². The van der Waals surface area contributed by atoms with E-state index in [1.807, 2.05) is 0 Å². The van der Waals surface area contributed by atoms with Gasteiger partial charge >= 0.3 is 5.69 Å². The van der Waals surface area contributed by atoms with E-state index in [2.05, 4.69) is 4.98 Å². The summed E-state index contributed by atoms with van der Waals surface area (Å²) in [5.74, 6) is -0.281. The van der Waals surface area contributed by atoms with Gasteiger partial charge in [-0.1, -0.05) is 0 Å². The zero-order valence-corrected chi connectivity index (χ0v) is 9.78. The number of hydrogen-bond donors (Lipinski definition) is 2. The lowest BCUT2D eigenvalue weighted by Gasteiger charge is -2.19. The van der Waals surface area contributed by atoms with Crippen LogP contribution < -0.4 is 17.2 Å². The smallest absolute Gasteiger partial charge is 0.349 e. The van der Waals surface area contributed by atoms with E-state index in [0.29, 0.717) is 6.29 Å². The second-order valence-corrected chi connectivity index (χ2v) is 3.56. The summed E-state index contributed by atoms with van der Waals surface area (Å²) in [5.41, 5.74) is 10.1. The molecular formula is C10H15N5O3. The van der Waals surface area contributed by atoms with Crippen molar-refractivity contribution in [1.82, 2.24) is 14.5 Å². The number of rotatable bonds is 6. The molecule has 1 aromatic heterocycles. The molecule has 0 atom stereocenters. The number of nitrogens with two attached hydrogens (primary N) is 2. The van der Waals surface area contributed by atoms with Crippen molar-refractivity contribution in [2.24, 2.45) is 5.73 Å². The zero-order chi connectivity index (χ0) is 13.5. The van der Waals surface area contributed by atoms with Crippen LogP contribution in [-0.2, 0) is 16.1 Å². The van der Waals surface area contributed by atoms with Crippen LogP contribution in [0.2, 0.25) is 0 Å². The largest absolute Gasteiger partial charge is 0.383 e. The molecule has 0 radical (unpaired) electrons. The number of carbonyl (C=O) groups excluding carboxylic acids is 2. The Balaban J connectivity index is 2.78. The molecule has 0 aliphatic heterocycles. The standard InChI is InChI=1S/C10H15N5O3/c11-2-4-14(5-6-16)9(17)7-15-3-1-8(12)13-10(15)18/h1,3,6H,2,4-5,7,11H2,(H2,12,13,18). The van der Waals surface area contributed by atoms with Gasteiger partial charge in [0.25, 0.3) is 0 Å². The number of hydrogen-bond acceptors (Lipinski definition) is 6. The van der Waals surface area contributed by atoms with E-state index < -0.39 is 5.69 Å². The maximum absolute atomic E-state index is 11.8.